The highest BCUT2D eigenvalue weighted by Crippen LogP contribution is 2.31. The van der Waals surface area contributed by atoms with Gasteiger partial charge in [0.15, 0.2) is 0 Å². The van der Waals surface area contributed by atoms with E-state index < -0.39 is 0 Å². The highest BCUT2D eigenvalue weighted by Gasteiger charge is 2.11. The molecule has 0 saturated carbocycles. The first kappa shape index (κ1) is 8.06. The second kappa shape index (κ2) is 3.06. The Hall–Kier alpha value is -0.560. The normalized spacial score (nSPS) is 15.7. The Labute approximate surface area is 77.9 Å². The lowest BCUT2D eigenvalue weighted by atomic mass is 9.97. The fraction of sp³-hybridized carbons (Fsp3) is 0.455. The Morgan fingerprint density at radius 2 is 2.25 bits per heavy atom. The topological polar surface area (TPSA) is 0 Å². The van der Waals surface area contributed by atoms with Crippen LogP contribution in [-0.4, -0.2) is 0 Å². The molecular formula is C11H14S. The molecule has 0 saturated heterocycles. The van der Waals surface area contributed by atoms with Gasteiger partial charge in [-0.25, -0.2) is 0 Å². The lowest BCUT2D eigenvalue weighted by Crippen LogP contribution is -1.94. The quantitative estimate of drug-likeness (QED) is 0.613. The molecule has 0 spiro atoms. The summed E-state index contributed by atoms with van der Waals surface area (Å²) in [7, 11) is 0. The number of hydrogen-bond acceptors (Lipinski definition) is 1. The van der Waals surface area contributed by atoms with Gasteiger partial charge in [0.25, 0.3) is 0 Å². The number of thiophene rings is 1. The van der Waals surface area contributed by atoms with Crippen molar-refractivity contribution in [3.05, 3.63) is 27.0 Å². The van der Waals surface area contributed by atoms with E-state index >= 15 is 0 Å². The van der Waals surface area contributed by atoms with Gasteiger partial charge in [0.1, 0.15) is 0 Å². The van der Waals surface area contributed by atoms with E-state index in [4.69, 9.17) is 0 Å². The molecule has 0 aliphatic heterocycles. The van der Waals surface area contributed by atoms with Crippen molar-refractivity contribution in [2.45, 2.75) is 33.1 Å². The van der Waals surface area contributed by atoms with Crippen LogP contribution < -0.4 is 0 Å². The van der Waals surface area contributed by atoms with Gasteiger partial charge in [-0.3, -0.25) is 0 Å². The fourth-order valence-electron chi connectivity index (χ4n) is 1.73. The average Bonchev–Trinajstić information content (AvgIpc) is 2.43. The molecular weight excluding hydrogens is 164 g/mol. The molecule has 0 amide bonds. The maximum atomic E-state index is 2.39. The number of hydrogen-bond donors (Lipinski definition) is 0. The van der Waals surface area contributed by atoms with E-state index in [0.29, 0.717) is 0 Å². The maximum absolute atomic E-state index is 2.39. The first-order valence-electron chi connectivity index (χ1n) is 4.58. The second-order valence-electron chi connectivity index (χ2n) is 3.40. The lowest BCUT2D eigenvalue weighted by Gasteiger charge is -2.10. The summed E-state index contributed by atoms with van der Waals surface area (Å²) < 4.78 is 0. The van der Waals surface area contributed by atoms with Crippen LogP contribution in [0.1, 0.15) is 35.1 Å². The Balaban J connectivity index is 2.40. The summed E-state index contributed by atoms with van der Waals surface area (Å²) in [5.41, 5.74) is 3.18. The molecule has 0 nitrogen and oxygen atoms in total. The number of rotatable bonds is 1. The fourth-order valence-corrected chi connectivity index (χ4v) is 2.80. The number of allylic oxidation sites excluding steroid dienone is 1. The lowest BCUT2D eigenvalue weighted by molar-refractivity contribution is 0.881. The van der Waals surface area contributed by atoms with Crippen LogP contribution in [0.25, 0.3) is 6.08 Å². The maximum Gasteiger partial charge on any atom is 0.0304 e. The summed E-state index contributed by atoms with van der Waals surface area (Å²) in [4.78, 5) is 2.96. The molecule has 0 radical (unpaired) electrons. The largest absolute Gasteiger partial charge is 0.141 e. The molecule has 0 bridgehead atoms. The van der Waals surface area contributed by atoms with E-state index in [9.17, 15) is 0 Å². The summed E-state index contributed by atoms with van der Waals surface area (Å²) >= 11 is 1.93. The van der Waals surface area contributed by atoms with Crippen molar-refractivity contribution in [3.63, 3.8) is 0 Å². The van der Waals surface area contributed by atoms with Gasteiger partial charge >= 0.3 is 0 Å². The summed E-state index contributed by atoms with van der Waals surface area (Å²) in [5.74, 6) is 0. The molecule has 1 heteroatoms. The standard InChI is InChI=1S/C11H14S/c1-3-9-4-5-10-6-8(2)12-11(10)7-9/h6-7H,3-5H2,1-2H3. The molecule has 1 aliphatic carbocycles. The molecule has 64 valence electrons. The zero-order valence-corrected chi connectivity index (χ0v) is 8.50. The molecule has 1 heterocycles. The van der Waals surface area contributed by atoms with E-state index in [1.54, 1.807) is 11.1 Å². The van der Waals surface area contributed by atoms with Crippen LogP contribution in [0.2, 0.25) is 0 Å². The summed E-state index contributed by atoms with van der Waals surface area (Å²) in [5, 5.41) is 0. The average molecular weight is 178 g/mol. The van der Waals surface area contributed by atoms with Crippen LogP contribution in [0.15, 0.2) is 11.6 Å². The van der Waals surface area contributed by atoms with E-state index in [0.717, 1.165) is 0 Å². The van der Waals surface area contributed by atoms with Gasteiger partial charge in [0.2, 0.25) is 0 Å². The van der Waals surface area contributed by atoms with Crippen molar-refractivity contribution < 1.29 is 0 Å². The summed E-state index contributed by atoms with van der Waals surface area (Å²) in [6.45, 7) is 4.44. The predicted molar refractivity (Wildman–Crippen MR) is 55.6 cm³/mol. The van der Waals surface area contributed by atoms with Crippen molar-refractivity contribution >= 4 is 17.4 Å². The summed E-state index contributed by atoms with van der Waals surface area (Å²) in [6.07, 6.45) is 6.14. The van der Waals surface area contributed by atoms with Crippen LogP contribution in [0.5, 0.6) is 0 Å². The van der Waals surface area contributed by atoms with Crippen molar-refractivity contribution in [2.75, 3.05) is 0 Å². The Kier molecular flexibility index (Phi) is 2.05. The Morgan fingerprint density at radius 1 is 1.42 bits per heavy atom. The minimum absolute atomic E-state index is 1.22. The molecule has 12 heavy (non-hydrogen) atoms. The highest BCUT2D eigenvalue weighted by atomic mass is 32.1. The van der Waals surface area contributed by atoms with Crippen molar-refractivity contribution in [1.29, 1.82) is 0 Å². The predicted octanol–water partition coefficient (Wildman–Crippen LogP) is 3.80. The first-order valence-corrected chi connectivity index (χ1v) is 5.40. The van der Waals surface area contributed by atoms with E-state index in [1.807, 2.05) is 11.3 Å². The van der Waals surface area contributed by atoms with Crippen molar-refractivity contribution in [1.82, 2.24) is 0 Å². The van der Waals surface area contributed by atoms with Gasteiger partial charge in [0.05, 0.1) is 0 Å². The molecule has 0 atom stereocenters. The third-order valence-corrected chi connectivity index (χ3v) is 3.51. The van der Waals surface area contributed by atoms with Gasteiger partial charge in [-0.2, -0.15) is 0 Å². The summed E-state index contributed by atoms with van der Waals surface area (Å²) in [6, 6.07) is 2.34. The molecule has 1 aromatic heterocycles. The zero-order chi connectivity index (χ0) is 8.55. The van der Waals surface area contributed by atoms with E-state index in [1.165, 1.54) is 29.0 Å². The number of aryl methyl sites for hydroxylation is 2. The van der Waals surface area contributed by atoms with Gasteiger partial charge < -0.3 is 0 Å². The van der Waals surface area contributed by atoms with Crippen LogP contribution in [0.4, 0.5) is 0 Å². The molecule has 0 N–H and O–H groups in total. The minimum Gasteiger partial charge on any atom is -0.141 e. The van der Waals surface area contributed by atoms with Gasteiger partial charge in [-0.1, -0.05) is 12.5 Å². The molecule has 0 fully saturated rings. The zero-order valence-electron chi connectivity index (χ0n) is 7.68. The molecule has 1 aliphatic rings. The van der Waals surface area contributed by atoms with Crippen LogP contribution in [0.3, 0.4) is 0 Å². The number of fused-ring (bicyclic) bond motifs is 1. The van der Waals surface area contributed by atoms with Crippen LogP contribution in [-0.2, 0) is 6.42 Å². The van der Waals surface area contributed by atoms with Crippen molar-refractivity contribution in [3.8, 4) is 0 Å². The molecule has 0 aromatic carbocycles. The van der Waals surface area contributed by atoms with E-state index in [-0.39, 0.29) is 0 Å². The van der Waals surface area contributed by atoms with Crippen molar-refractivity contribution in [2.24, 2.45) is 0 Å². The first-order chi connectivity index (χ1) is 5.79. The SMILES string of the molecule is CCC1=Cc2sc(C)cc2CC1. The Bertz CT molecular complexity index is 318. The monoisotopic (exact) mass is 178 g/mol. The molecule has 2 rings (SSSR count). The van der Waals surface area contributed by atoms with Crippen LogP contribution in [0, 0.1) is 6.92 Å². The van der Waals surface area contributed by atoms with Crippen LogP contribution >= 0.6 is 11.3 Å². The highest BCUT2D eigenvalue weighted by molar-refractivity contribution is 7.13. The Morgan fingerprint density at radius 3 is 3.00 bits per heavy atom. The molecule has 1 aromatic rings. The third-order valence-electron chi connectivity index (χ3n) is 2.47. The minimum atomic E-state index is 1.22. The van der Waals surface area contributed by atoms with Gasteiger partial charge in [0, 0.05) is 9.75 Å². The molecule has 0 unspecified atom stereocenters. The third kappa shape index (κ3) is 1.34. The smallest absolute Gasteiger partial charge is 0.0304 e. The van der Waals surface area contributed by atoms with Gasteiger partial charge in [-0.15, -0.1) is 11.3 Å². The second-order valence-corrected chi connectivity index (χ2v) is 4.69. The van der Waals surface area contributed by atoms with E-state index in [2.05, 4.69) is 26.0 Å². The van der Waals surface area contributed by atoms with Gasteiger partial charge in [-0.05, 0) is 43.9 Å².